The summed E-state index contributed by atoms with van der Waals surface area (Å²) in [6, 6.07) is 4.00. The van der Waals surface area contributed by atoms with Crippen LogP contribution in [0, 0.1) is 22.0 Å². The van der Waals surface area contributed by atoms with Crippen molar-refractivity contribution in [3.63, 3.8) is 0 Å². The predicted octanol–water partition coefficient (Wildman–Crippen LogP) is 1.15. The number of hydrogen-bond donors (Lipinski definition) is 0. The van der Waals surface area contributed by atoms with E-state index in [0.29, 0.717) is 11.8 Å². The van der Waals surface area contributed by atoms with Crippen LogP contribution in [0.25, 0.3) is 0 Å². The number of rotatable bonds is 2. The topological polar surface area (TPSA) is 69.4 Å². The Kier molecular flexibility index (Phi) is 3.41. The quantitative estimate of drug-likeness (QED) is 0.314. The van der Waals surface area contributed by atoms with Crippen LogP contribution in [0.1, 0.15) is 5.56 Å². The summed E-state index contributed by atoms with van der Waals surface area (Å²) in [5.74, 6) is 5.00. The van der Waals surface area contributed by atoms with Crippen LogP contribution in [0.2, 0.25) is 0 Å². The van der Waals surface area contributed by atoms with Gasteiger partial charge < -0.3 is 4.74 Å². The molecule has 0 amide bonds. The first-order valence-corrected chi connectivity index (χ1v) is 3.96. The highest BCUT2D eigenvalue weighted by molar-refractivity contribution is 5.74. The Bertz CT molecular complexity index is 456. The van der Waals surface area contributed by atoms with Crippen molar-refractivity contribution in [3.8, 4) is 17.6 Å². The number of methoxy groups -OCH3 is 1. The van der Waals surface area contributed by atoms with Crippen LogP contribution in [0.3, 0.4) is 0 Å². The number of carbonyl (C=O) groups excluding carboxylic acids is 1. The number of non-ortho nitro benzene ring substituents is 1. The Balaban J connectivity index is 3.20. The summed E-state index contributed by atoms with van der Waals surface area (Å²) in [7, 11) is 1.38. The van der Waals surface area contributed by atoms with Crippen LogP contribution in [-0.2, 0) is 4.79 Å². The molecule has 5 heteroatoms. The molecule has 0 saturated carbocycles. The summed E-state index contributed by atoms with van der Waals surface area (Å²) in [5, 5.41) is 10.5. The Morgan fingerprint density at radius 2 is 2.27 bits per heavy atom. The van der Waals surface area contributed by atoms with Crippen molar-refractivity contribution in [2.75, 3.05) is 7.11 Å². The molecule has 0 saturated heterocycles. The second-order valence-corrected chi connectivity index (χ2v) is 2.53. The van der Waals surface area contributed by atoms with Crippen molar-refractivity contribution < 1.29 is 14.5 Å². The third kappa shape index (κ3) is 2.54. The summed E-state index contributed by atoms with van der Waals surface area (Å²) in [4.78, 5) is 20.0. The molecule has 0 atom stereocenters. The predicted molar refractivity (Wildman–Crippen MR) is 52.6 cm³/mol. The third-order valence-corrected chi connectivity index (χ3v) is 1.66. The summed E-state index contributed by atoms with van der Waals surface area (Å²) in [6.07, 6.45) is 0.445. The van der Waals surface area contributed by atoms with Gasteiger partial charge in [-0.05, 0) is 12.0 Å². The van der Waals surface area contributed by atoms with Gasteiger partial charge in [-0.15, -0.1) is 0 Å². The second kappa shape index (κ2) is 4.77. The molecule has 15 heavy (non-hydrogen) atoms. The SMILES string of the molecule is COc1cc([N+](=O)[O-])ccc1C#CC=O. The lowest BCUT2D eigenvalue weighted by Crippen LogP contribution is -1.92. The fourth-order valence-electron chi connectivity index (χ4n) is 1.00. The van der Waals surface area contributed by atoms with Crippen molar-refractivity contribution in [2.45, 2.75) is 0 Å². The number of nitrogens with zero attached hydrogens (tertiary/aromatic N) is 1. The molecule has 1 aromatic carbocycles. The Labute approximate surface area is 85.8 Å². The van der Waals surface area contributed by atoms with Crippen molar-refractivity contribution >= 4 is 12.0 Å². The second-order valence-electron chi connectivity index (χ2n) is 2.53. The molecular formula is C10H7NO4. The van der Waals surface area contributed by atoms with E-state index in [9.17, 15) is 14.9 Å². The van der Waals surface area contributed by atoms with E-state index in [2.05, 4.69) is 11.8 Å². The average molecular weight is 205 g/mol. The standard InChI is InChI=1S/C10H7NO4/c1-15-10-7-9(11(13)14)5-4-8(10)3-2-6-12/h4-7H,1H3. The van der Waals surface area contributed by atoms with Crippen molar-refractivity contribution in [3.05, 3.63) is 33.9 Å². The minimum absolute atomic E-state index is 0.0801. The molecule has 76 valence electrons. The minimum Gasteiger partial charge on any atom is -0.495 e. The fraction of sp³-hybridized carbons (Fsp3) is 0.100. The summed E-state index contributed by atoms with van der Waals surface area (Å²) in [6.45, 7) is 0. The number of benzene rings is 1. The van der Waals surface area contributed by atoms with Gasteiger partial charge in [0.25, 0.3) is 5.69 Å². The van der Waals surface area contributed by atoms with Crippen LogP contribution in [0.5, 0.6) is 5.75 Å². The summed E-state index contributed by atoms with van der Waals surface area (Å²) >= 11 is 0. The molecule has 0 aliphatic rings. The first kappa shape index (κ1) is 10.7. The van der Waals surface area contributed by atoms with Crippen LogP contribution in [0.15, 0.2) is 18.2 Å². The lowest BCUT2D eigenvalue weighted by Gasteiger charge is -2.01. The van der Waals surface area contributed by atoms with Gasteiger partial charge >= 0.3 is 0 Å². The van der Waals surface area contributed by atoms with Gasteiger partial charge in [-0.3, -0.25) is 14.9 Å². The molecule has 0 N–H and O–H groups in total. The van der Waals surface area contributed by atoms with Gasteiger partial charge in [0.1, 0.15) is 5.75 Å². The highest BCUT2D eigenvalue weighted by atomic mass is 16.6. The van der Waals surface area contributed by atoms with Gasteiger partial charge in [-0.25, -0.2) is 0 Å². The van der Waals surface area contributed by atoms with E-state index in [4.69, 9.17) is 4.74 Å². The Morgan fingerprint density at radius 1 is 1.53 bits per heavy atom. The van der Waals surface area contributed by atoms with Gasteiger partial charge in [0, 0.05) is 6.07 Å². The lowest BCUT2D eigenvalue weighted by molar-refractivity contribution is -0.384. The number of hydrogen-bond acceptors (Lipinski definition) is 4. The van der Waals surface area contributed by atoms with E-state index < -0.39 is 4.92 Å². The van der Waals surface area contributed by atoms with E-state index >= 15 is 0 Å². The smallest absolute Gasteiger partial charge is 0.273 e. The highest BCUT2D eigenvalue weighted by Gasteiger charge is 2.09. The monoisotopic (exact) mass is 205 g/mol. The maximum Gasteiger partial charge on any atom is 0.273 e. The number of ether oxygens (including phenoxy) is 1. The molecule has 0 bridgehead atoms. The van der Waals surface area contributed by atoms with E-state index in [1.165, 1.54) is 25.3 Å². The number of aldehydes is 1. The molecule has 0 aliphatic heterocycles. The van der Waals surface area contributed by atoms with Gasteiger partial charge in [0.2, 0.25) is 0 Å². The molecule has 1 rings (SSSR count). The molecule has 0 aliphatic carbocycles. The maximum absolute atomic E-state index is 10.5. The van der Waals surface area contributed by atoms with E-state index in [0.717, 1.165) is 0 Å². The van der Waals surface area contributed by atoms with Crippen molar-refractivity contribution in [1.29, 1.82) is 0 Å². The minimum atomic E-state index is -0.528. The highest BCUT2D eigenvalue weighted by Crippen LogP contribution is 2.23. The molecule has 0 heterocycles. The van der Waals surface area contributed by atoms with Crippen LogP contribution < -0.4 is 4.74 Å². The molecule has 0 unspecified atom stereocenters. The normalized spacial score (nSPS) is 8.60. The molecule has 0 fully saturated rings. The lowest BCUT2D eigenvalue weighted by atomic mass is 10.2. The molecule has 0 aromatic heterocycles. The first-order chi connectivity index (χ1) is 7.19. The van der Waals surface area contributed by atoms with Crippen LogP contribution in [-0.4, -0.2) is 18.3 Å². The van der Waals surface area contributed by atoms with Gasteiger partial charge in [0.05, 0.1) is 23.7 Å². The van der Waals surface area contributed by atoms with Gasteiger partial charge in [-0.2, -0.15) is 0 Å². The van der Waals surface area contributed by atoms with E-state index in [1.807, 2.05) is 0 Å². The zero-order valence-corrected chi connectivity index (χ0v) is 7.89. The Morgan fingerprint density at radius 3 is 2.80 bits per heavy atom. The van der Waals surface area contributed by atoms with Crippen LogP contribution >= 0.6 is 0 Å². The van der Waals surface area contributed by atoms with Gasteiger partial charge in [-0.1, -0.05) is 5.92 Å². The number of nitro benzene ring substituents is 1. The first-order valence-electron chi connectivity index (χ1n) is 3.96. The maximum atomic E-state index is 10.5. The van der Waals surface area contributed by atoms with E-state index in [1.54, 1.807) is 0 Å². The molecule has 5 nitrogen and oxygen atoms in total. The summed E-state index contributed by atoms with van der Waals surface area (Å²) in [5.41, 5.74) is 0.360. The van der Waals surface area contributed by atoms with Crippen LogP contribution in [0.4, 0.5) is 5.69 Å². The molecule has 0 radical (unpaired) electrons. The Hall–Kier alpha value is -2.35. The molecule has 0 spiro atoms. The van der Waals surface area contributed by atoms with E-state index in [-0.39, 0.29) is 11.4 Å². The number of nitro groups is 1. The number of carbonyl (C=O) groups is 1. The average Bonchev–Trinajstić information content (AvgIpc) is 2.25. The molecule has 1 aromatic rings. The van der Waals surface area contributed by atoms with Gasteiger partial charge in [0.15, 0.2) is 6.29 Å². The fourth-order valence-corrected chi connectivity index (χ4v) is 1.00. The zero-order chi connectivity index (χ0) is 11.3. The van der Waals surface area contributed by atoms with Crippen molar-refractivity contribution in [2.24, 2.45) is 0 Å². The zero-order valence-electron chi connectivity index (χ0n) is 7.89. The molecular weight excluding hydrogens is 198 g/mol. The largest absolute Gasteiger partial charge is 0.495 e. The third-order valence-electron chi connectivity index (χ3n) is 1.66. The van der Waals surface area contributed by atoms with Crippen molar-refractivity contribution in [1.82, 2.24) is 0 Å². The summed E-state index contributed by atoms with van der Waals surface area (Å²) < 4.78 is 4.91.